The fourth-order valence-corrected chi connectivity index (χ4v) is 1.90. The summed E-state index contributed by atoms with van der Waals surface area (Å²) in [5, 5.41) is 18.0. The minimum atomic E-state index is 0.543. The highest BCUT2D eigenvalue weighted by Crippen LogP contribution is 2.08. The Morgan fingerprint density at radius 1 is 1.67 bits per heavy atom. The van der Waals surface area contributed by atoms with Crippen molar-refractivity contribution in [3.8, 4) is 6.19 Å². The molecule has 98 valence electrons. The number of thioether (sulfide) groups is 1. The number of rotatable bonds is 7. The lowest BCUT2D eigenvalue weighted by molar-refractivity contribution is 0.414. The molecule has 0 unspecified atom stereocenters. The van der Waals surface area contributed by atoms with Crippen LogP contribution in [0.4, 0.5) is 0 Å². The smallest absolute Gasteiger partial charge is 0.204 e. The number of nitriles is 1. The summed E-state index contributed by atoms with van der Waals surface area (Å²) in [5.41, 5.74) is 0.940. The molecule has 1 aromatic rings. The molecule has 0 bridgehead atoms. The van der Waals surface area contributed by atoms with Crippen LogP contribution in [0.2, 0.25) is 0 Å². The van der Waals surface area contributed by atoms with Gasteiger partial charge in [0.15, 0.2) is 6.19 Å². The number of aliphatic imine (C=N–C) groups is 1. The first-order valence-electron chi connectivity index (χ1n) is 5.77. The van der Waals surface area contributed by atoms with Crippen molar-refractivity contribution in [3.05, 3.63) is 18.0 Å². The van der Waals surface area contributed by atoms with Crippen molar-refractivity contribution in [2.24, 2.45) is 4.99 Å². The van der Waals surface area contributed by atoms with E-state index in [1.807, 2.05) is 19.2 Å². The lowest BCUT2D eigenvalue weighted by atomic mass is 10.5. The molecule has 0 amide bonds. The molecule has 0 fully saturated rings. The second kappa shape index (κ2) is 9.36. The summed E-state index contributed by atoms with van der Waals surface area (Å²) in [7, 11) is 0. The molecule has 0 saturated carbocycles. The zero-order valence-corrected chi connectivity index (χ0v) is 11.2. The summed E-state index contributed by atoms with van der Waals surface area (Å²) in [4.78, 5) is 4.21. The van der Waals surface area contributed by atoms with E-state index < -0.39 is 0 Å². The number of nitrogens with one attached hydrogen (secondary N) is 2. The highest BCUT2D eigenvalue weighted by Gasteiger charge is 1.98. The van der Waals surface area contributed by atoms with Crippen LogP contribution in [0.25, 0.3) is 0 Å². The van der Waals surface area contributed by atoms with Gasteiger partial charge in [-0.3, -0.25) is 10.3 Å². The average Bonchev–Trinajstić information content (AvgIpc) is 2.88. The summed E-state index contributed by atoms with van der Waals surface area (Å²) < 4.78 is 4.74. The number of nitrogens with zero attached hydrogens (tertiary/aromatic N) is 3. The molecule has 0 aromatic carbocycles. The van der Waals surface area contributed by atoms with Gasteiger partial charge in [0.25, 0.3) is 0 Å². The van der Waals surface area contributed by atoms with Crippen LogP contribution in [0, 0.1) is 11.5 Å². The maximum Gasteiger partial charge on any atom is 0.204 e. The van der Waals surface area contributed by atoms with Gasteiger partial charge in [0.2, 0.25) is 5.96 Å². The Bertz CT molecular complexity index is 385. The predicted octanol–water partition coefficient (Wildman–Crippen LogP) is 1.33. The van der Waals surface area contributed by atoms with E-state index in [4.69, 9.17) is 9.78 Å². The van der Waals surface area contributed by atoms with Crippen molar-refractivity contribution in [2.75, 3.05) is 18.8 Å². The second-order valence-corrected chi connectivity index (χ2v) is 4.54. The predicted molar refractivity (Wildman–Crippen MR) is 72.0 cm³/mol. The molecule has 6 nitrogen and oxygen atoms in total. The molecule has 1 heterocycles. The zero-order valence-electron chi connectivity index (χ0n) is 10.3. The van der Waals surface area contributed by atoms with Crippen molar-refractivity contribution >= 4 is 17.7 Å². The van der Waals surface area contributed by atoms with Gasteiger partial charge in [-0.2, -0.15) is 17.0 Å². The molecule has 0 atom stereocenters. The van der Waals surface area contributed by atoms with E-state index in [0.717, 1.165) is 30.2 Å². The lowest BCUT2D eigenvalue weighted by Crippen LogP contribution is -2.36. The Balaban J connectivity index is 2.13. The minimum Gasteiger partial charge on any atom is -0.364 e. The van der Waals surface area contributed by atoms with Gasteiger partial charge >= 0.3 is 0 Å². The molecule has 2 N–H and O–H groups in total. The lowest BCUT2D eigenvalue weighted by Gasteiger charge is -2.07. The van der Waals surface area contributed by atoms with Crippen LogP contribution >= 0.6 is 11.8 Å². The third kappa shape index (κ3) is 6.15. The molecule has 0 radical (unpaired) electrons. The summed E-state index contributed by atoms with van der Waals surface area (Å²) in [5.74, 6) is 2.28. The van der Waals surface area contributed by atoms with Gasteiger partial charge in [0.05, 0.1) is 5.69 Å². The fourth-order valence-electron chi connectivity index (χ4n) is 1.15. The molecule has 0 saturated heterocycles. The molecule has 0 aliphatic carbocycles. The van der Waals surface area contributed by atoms with Gasteiger partial charge in [0.1, 0.15) is 6.26 Å². The number of aromatic nitrogens is 1. The first kappa shape index (κ1) is 14.4. The third-order valence-corrected chi connectivity index (χ3v) is 2.94. The van der Waals surface area contributed by atoms with E-state index in [1.54, 1.807) is 18.0 Å². The van der Waals surface area contributed by atoms with Crippen molar-refractivity contribution in [3.63, 3.8) is 0 Å². The van der Waals surface area contributed by atoms with Gasteiger partial charge in [0, 0.05) is 30.7 Å². The van der Waals surface area contributed by atoms with Crippen LogP contribution in [0.15, 0.2) is 21.8 Å². The SMILES string of the molecule is CCCN=C(NC#N)NCCSCc1ccon1. The van der Waals surface area contributed by atoms with E-state index in [0.29, 0.717) is 12.5 Å². The monoisotopic (exact) mass is 267 g/mol. The van der Waals surface area contributed by atoms with Crippen LogP contribution < -0.4 is 10.6 Å². The van der Waals surface area contributed by atoms with Crippen LogP contribution in [-0.2, 0) is 5.75 Å². The topological polar surface area (TPSA) is 86.2 Å². The average molecular weight is 267 g/mol. The largest absolute Gasteiger partial charge is 0.364 e. The van der Waals surface area contributed by atoms with E-state index in [9.17, 15) is 0 Å². The van der Waals surface area contributed by atoms with Gasteiger partial charge in [-0.05, 0) is 6.42 Å². The highest BCUT2D eigenvalue weighted by molar-refractivity contribution is 7.98. The fraction of sp³-hybridized carbons (Fsp3) is 0.545. The molecule has 7 heteroatoms. The van der Waals surface area contributed by atoms with Gasteiger partial charge < -0.3 is 9.84 Å². The molecule has 18 heavy (non-hydrogen) atoms. The van der Waals surface area contributed by atoms with Gasteiger partial charge in [-0.15, -0.1) is 0 Å². The molecular weight excluding hydrogens is 250 g/mol. The Morgan fingerprint density at radius 2 is 2.56 bits per heavy atom. The summed E-state index contributed by atoms with van der Waals surface area (Å²) in [6, 6.07) is 1.85. The maximum absolute atomic E-state index is 8.56. The van der Waals surface area contributed by atoms with E-state index >= 15 is 0 Å². The molecule has 0 spiro atoms. The van der Waals surface area contributed by atoms with Crippen molar-refractivity contribution in [1.29, 1.82) is 5.26 Å². The van der Waals surface area contributed by atoms with Crippen LogP contribution in [-0.4, -0.2) is 30.0 Å². The molecular formula is C11H17N5OS. The summed E-state index contributed by atoms with van der Waals surface area (Å²) >= 11 is 1.74. The second-order valence-electron chi connectivity index (χ2n) is 3.44. The van der Waals surface area contributed by atoms with Gasteiger partial charge in [-0.25, -0.2) is 0 Å². The van der Waals surface area contributed by atoms with Crippen LogP contribution in [0.1, 0.15) is 19.0 Å². The van der Waals surface area contributed by atoms with Crippen molar-refractivity contribution in [1.82, 2.24) is 15.8 Å². The maximum atomic E-state index is 8.56. The first-order chi connectivity index (χ1) is 8.86. The minimum absolute atomic E-state index is 0.543. The molecule has 1 rings (SSSR count). The summed E-state index contributed by atoms with van der Waals surface area (Å²) in [6.07, 6.45) is 4.39. The quantitative estimate of drug-likeness (QED) is 0.255. The Labute approximate surface area is 111 Å². The molecule has 0 aliphatic rings. The van der Waals surface area contributed by atoms with Crippen LogP contribution in [0.5, 0.6) is 0 Å². The van der Waals surface area contributed by atoms with E-state index in [2.05, 4.69) is 20.8 Å². The first-order valence-corrected chi connectivity index (χ1v) is 6.92. The summed E-state index contributed by atoms with van der Waals surface area (Å²) in [6.45, 7) is 3.50. The Kier molecular flexibility index (Phi) is 7.48. The standard InChI is InChI=1S/C11H17N5OS/c1-2-4-13-11(15-9-12)14-5-7-18-8-10-3-6-17-16-10/h3,6H,2,4-5,7-8H2,1H3,(H2,13,14,15). The highest BCUT2D eigenvalue weighted by atomic mass is 32.2. The van der Waals surface area contributed by atoms with Crippen molar-refractivity contribution < 1.29 is 4.52 Å². The number of guanidine groups is 1. The molecule has 1 aromatic heterocycles. The van der Waals surface area contributed by atoms with E-state index in [1.165, 1.54) is 0 Å². The zero-order chi connectivity index (χ0) is 13.1. The number of hydrogen-bond donors (Lipinski definition) is 2. The molecule has 0 aliphatic heterocycles. The van der Waals surface area contributed by atoms with E-state index in [-0.39, 0.29) is 0 Å². The van der Waals surface area contributed by atoms with Gasteiger partial charge in [-0.1, -0.05) is 12.1 Å². The Hall–Kier alpha value is -1.68. The normalized spacial score (nSPS) is 11.0. The van der Waals surface area contributed by atoms with Crippen molar-refractivity contribution in [2.45, 2.75) is 19.1 Å². The Morgan fingerprint density at radius 3 is 3.22 bits per heavy atom. The number of hydrogen-bond acceptors (Lipinski definition) is 5. The van der Waals surface area contributed by atoms with Crippen LogP contribution in [0.3, 0.4) is 0 Å². The third-order valence-electron chi connectivity index (χ3n) is 1.95.